The number of carbonyl (C=O) groups excluding carboxylic acids is 2. The monoisotopic (exact) mass is 488 g/mol. The number of rotatable bonds is 10. The maximum atomic E-state index is 12.0. The Balaban J connectivity index is 1.37. The van der Waals surface area contributed by atoms with Crippen molar-refractivity contribution in [3.05, 3.63) is 35.5 Å². The number of alkyl carbamates (subject to hydrolysis) is 1. The Morgan fingerprint density at radius 2 is 1.83 bits per heavy atom. The number of nitrogens with one attached hydrogen (secondary N) is 2. The number of amides is 1. The van der Waals surface area contributed by atoms with E-state index in [2.05, 4.69) is 32.9 Å². The van der Waals surface area contributed by atoms with E-state index in [-0.39, 0.29) is 24.3 Å². The highest BCUT2D eigenvalue weighted by Gasteiger charge is 2.27. The molecule has 1 amide bonds. The van der Waals surface area contributed by atoms with Crippen LogP contribution < -0.4 is 14.8 Å². The fourth-order valence-electron chi connectivity index (χ4n) is 3.91. The Labute approximate surface area is 206 Å². The number of benzene rings is 1. The summed E-state index contributed by atoms with van der Waals surface area (Å²) >= 11 is 0. The lowest BCUT2D eigenvalue weighted by Crippen LogP contribution is -2.33. The molecule has 1 heterocycles. The second-order valence-corrected chi connectivity index (χ2v) is 9.50. The van der Waals surface area contributed by atoms with E-state index in [9.17, 15) is 9.59 Å². The molecule has 0 unspecified atom stereocenters. The number of ether oxygens (including phenoxy) is 4. The molecule has 0 atom stereocenters. The summed E-state index contributed by atoms with van der Waals surface area (Å²) in [5, 5.41) is 12.8. The summed E-state index contributed by atoms with van der Waals surface area (Å²) in [6.07, 6.45) is 3.95. The van der Waals surface area contributed by atoms with Crippen LogP contribution >= 0.6 is 0 Å². The zero-order valence-corrected chi connectivity index (χ0v) is 21.0. The molecule has 1 aromatic carbocycles. The van der Waals surface area contributed by atoms with Gasteiger partial charge in [0.1, 0.15) is 17.5 Å². The molecule has 2 N–H and O–H groups in total. The van der Waals surface area contributed by atoms with Crippen molar-refractivity contribution in [2.24, 2.45) is 0 Å². The van der Waals surface area contributed by atoms with E-state index in [1.54, 1.807) is 6.92 Å². The van der Waals surface area contributed by atoms with Gasteiger partial charge in [0.05, 0.1) is 13.2 Å². The first-order chi connectivity index (χ1) is 16.7. The molecule has 1 aromatic heterocycles. The number of esters is 1. The third-order valence-electron chi connectivity index (χ3n) is 5.56. The van der Waals surface area contributed by atoms with E-state index in [1.165, 1.54) is 5.56 Å². The van der Waals surface area contributed by atoms with Gasteiger partial charge in [-0.15, -0.1) is 0 Å². The zero-order valence-electron chi connectivity index (χ0n) is 21.0. The molecule has 35 heavy (non-hydrogen) atoms. The first kappa shape index (κ1) is 26.3. The summed E-state index contributed by atoms with van der Waals surface area (Å²) in [5.74, 6) is 0.946. The average molecular weight is 489 g/mol. The lowest BCUT2D eigenvalue weighted by Gasteiger charge is -2.28. The van der Waals surface area contributed by atoms with Gasteiger partial charge < -0.3 is 24.3 Å². The molecule has 0 radical (unpaired) electrons. The Bertz CT molecular complexity index is 946. The van der Waals surface area contributed by atoms with Gasteiger partial charge in [-0.3, -0.25) is 0 Å². The maximum absolute atomic E-state index is 12.0. The smallest absolute Gasteiger partial charge is 0.407 e. The third kappa shape index (κ3) is 8.45. The first-order valence-corrected chi connectivity index (χ1v) is 12.2. The molecule has 0 spiro atoms. The normalized spacial score (nSPS) is 17.9. The van der Waals surface area contributed by atoms with Gasteiger partial charge >= 0.3 is 12.1 Å². The van der Waals surface area contributed by atoms with Gasteiger partial charge in [-0.2, -0.15) is 0 Å². The van der Waals surface area contributed by atoms with E-state index in [0.29, 0.717) is 25.5 Å². The fraction of sp³-hybridized carbons (Fsp3) is 0.600. The third-order valence-corrected chi connectivity index (χ3v) is 5.56. The van der Waals surface area contributed by atoms with Crippen molar-refractivity contribution in [1.29, 1.82) is 0 Å². The predicted octanol–water partition coefficient (Wildman–Crippen LogP) is 4.38. The molecule has 192 valence electrons. The lowest BCUT2D eigenvalue weighted by molar-refractivity contribution is 0.0503. The summed E-state index contributed by atoms with van der Waals surface area (Å²) in [7, 11) is 0. The minimum Gasteiger partial charge on any atom is -0.494 e. The molecule has 0 saturated heterocycles. The summed E-state index contributed by atoms with van der Waals surface area (Å²) in [5.41, 5.74) is 0.931. The molecule has 10 nitrogen and oxygen atoms in total. The number of aromatic nitrogens is 3. The molecular weight excluding hydrogens is 452 g/mol. The van der Waals surface area contributed by atoms with Crippen LogP contribution in [0, 0.1) is 0 Å². The molecule has 1 saturated carbocycles. The number of hydrogen-bond donors (Lipinski definition) is 2. The van der Waals surface area contributed by atoms with Crippen molar-refractivity contribution in [3.63, 3.8) is 0 Å². The second-order valence-electron chi connectivity index (χ2n) is 9.50. The number of aromatic amines is 1. The number of hydrogen-bond acceptors (Lipinski definition) is 8. The number of carbonyl (C=O) groups is 2. The predicted molar refractivity (Wildman–Crippen MR) is 129 cm³/mol. The largest absolute Gasteiger partial charge is 0.494 e. The average Bonchev–Trinajstić information content (AvgIpc) is 3.27. The highest BCUT2D eigenvalue weighted by Crippen LogP contribution is 2.35. The molecule has 1 fully saturated rings. The quantitative estimate of drug-likeness (QED) is 0.373. The SMILES string of the molecule is CCOC(=O)c1[nH]nnc1OC1CCC(c2ccc(OCCCNC(=O)OC(C)(C)C)cc2)CC1. The molecule has 3 rings (SSSR count). The van der Waals surface area contributed by atoms with Crippen LogP contribution in [0.5, 0.6) is 11.6 Å². The van der Waals surface area contributed by atoms with Gasteiger partial charge in [0.25, 0.3) is 5.88 Å². The lowest BCUT2D eigenvalue weighted by atomic mass is 9.83. The standard InChI is InChI=1S/C25H36N4O6/c1-5-32-23(30)21-22(28-29-27-21)34-20-13-9-18(10-14-20)17-7-11-19(12-8-17)33-16-6-15-26-24(31)35-25(2,3)4/h7-8,11-12,18,20H,5-6,9-10,13-16H2,1-4H3,(H,26,31)(H,27,28,29). The van der Waals surface area contributed by atoms with Crippen molar-refractivity contribution in [3.8, 4) is 11.6 Å². The van der Waals surface area contributed by atoms with Crippen molar-refractivity contribution < 1.29 is 28.5 Å². The van der Waals surface area contributed by atoms with Gasteiger partial charge in [0.2, 0.25) is 5.69 Å². The van der Waals surface area contributed by atoms with Gasteiger partial charge in [0, 0.05) is 6.54 Å². The Morgan fingerprint density at radius 3 is 2.49 bits per heavy atom. The van der Waals surface area contributed by atoms with E-state index in [0.717, 1.165) is 31.4 Å². The van der Waals surface area contributed by atoms with Crippen molar-refractivity contribution in [2.75, 3.05) is 19.8 Å². The Kier molecular flexibility index (Phi) is 9.33. The van der Waals surface area contributed by atoms with Gasteiger partial charge in [-0.1, -0.05) is 22.4 Å². The Morgan fingerprint density at radius 1 is 1.11 bits per heavy atom. The molecule has 2 aromatic rings. The highest BCUT2D eigenvalue weighted by molar-refractivity contribution is 5.89. The summed E-state index contributed by atoms with van der Waals surface area (Å²) in [6.45, 7) is 8.52. The fourth-order valence-corrected chi connectivity index (χ4v) is 3.91. The summed E-state index contributed by atoms with van der Waals surface area (Å²) in [6, 6.07) is 8.19. The minimum absolute atomic E-state index is 0.0126. The minimum atomic E-state index is -0.511. The van der Waals surface area contributed by atoms with E-state index in [1.807, 2.05) is 32.9 Å². The van der Waals surface area contributed by atoms with Crippen molar-refractivity contribution in [1.82, 2.24) is 20.7 Å². The van der Waals surface area contributed by atoms with Crippen molar-refractivity contribution >= 4 is 12.1 Å². The van der Waals surface area contributed by atoms with E-state index >= 15 is 0 Å². The van der Waals surface area contributed by atoms with Crippen LogP contribution in [0.25, 0.3) is 0 Å². The van der Waals surface area contributed by atoms with Crippen LogP contribution in [0.2, 0.25) is 0 Å². The maximum Gasteiger partial charge on any atom is 0.407 e. The summed E-state index contributed by atoms with van der Waals surface area (Å²) in [4.78, 5) is 23.6. The van der Waals surface area contributed by atoms with Crippen LogP contribution in [-0.4, -0.2) is 58.9 Å². The zero-order chi connectivity index (χ0) is 25.3. The molecular formula is C25H36N4O6. The second kappa shape index (κ2) is 12.4. The van der Waals surface area contributed by atoms with E-state index < -0.39 is 17.7 Å². The van der Waals surface area contributed by atoms with Crippen LogP contribution in [0.3, 0.4) is 0 Å². The number of H-pyrrole nitrogens is 1. The molecule has 1 aliphatic carbocycles. The van der Waals surface area contributed by atoms with Gasteiger partial charge in [0.15, 0.2) is 0 Å². The van der Waals surface area contributed by atoms with Gasteiger partial charge in [-0.05, 0) is 83.4 Å². The molecule has 1 aliphatic rings. The highest BCUT2D eigenvalue weighted by atomic mass is 16.6. The van der Waals surface area contributed by atoms with Gasteiger partial charge in [-0.25, -0.2) is 14.7 Å². The molecule has 0 bridgehead atoms. The number of nitrogens with zero attached hydrogens (tertiary/aromatic N) is 2. The summed E-state index contributed by atoms with van der Waals surface area (Å²) < 4.78 is 21.9. The molecule has 0 aliphatic heterocycles. The topological polar surface area (TPSA) is 125 Å². The molecule has 10 heteroatoms. The Hall–Kier alpha value is -3.30. The van der Waals surface area contributed by atoms with E-state index in [4.69, 9.17) is 18.9 Å². The van der Waals surface area contributed by atoms with Crippen LogP contribution in [0.4, 0.5) is 4.79 Å². The first-order valence-electron chi connectivity index (χ1n) is 12.2. The van der Waals surface area contributed by atoms with Crippen LogP contribution in [0.15, 0.2) is 24.3 Å². The van der Waals surface area contributed by atoms with Crippen LogP contribution in [-0.2, 0) is 9.47 Å². The van der Waals surface area contributed by atoms with Crippen LogP contribution in [0.1, 0.15) is 81.8 Å². The van der Waals surface area contributed by atoms with Crippen molar-refractivity contribution in [2.45, 2.75) is 77.4 Å².